The molecule has 4 aromatic rings. The Kier molecular flexibility index (Phi) is 5.06. The van der Waals surface area contributed by atoms with Crippen LogP contribution in [0, 0.1) is 23.4 Å². The fraction of sp³-hybridized carbons (Fsp3) is 0.227. The summed E-state index contributed by atoms with van der Waals surface area (Å²) in [5.74, 6) is -1.71. The van der Waals surface area contributed by atoms with Gasteiger partial charge in [-0.2, -0.15) is 5.10 Å². The summed E-state index contributed by atoms with van der Waals surface area (Å²) in [5, 5.41) is 6.57. The molecule has 2 aromatic heterocycles. The van der Waals surface area contributed by atoms with Crippen molar-refractivity contribution in [1.29, 1.82) is 0 Å². The predicted molar refractivity (Wildman–Crippen MR) is 113 cm³/mol. The Balaban J connectivity index is 1.42. The molecular weight excluding hydrogens is 441 g/mol. The Morgan fingerprint density at radius 1 is 1.06 bits per heavy atom. The highest BCUT2D eigenvalue weighted by Crippen LogP contribution is 2.48. The molecule has 166 valence electrons. The lowest BCUT2D eigenvalue weighted by molar-refractivity contribution is 0.267. The fourth-order valence-corrected chi connectivity index (χ4v) is 5.36. The van der Waals surface area contributed by atoms with Crippen molar-refractivity contribution >= 4 is 20.9 Å². The van der Waals surface area contributed by atoms with Gasteiger partial charge in [-0.15, -0.1) is 0 Å². The van der Waals surface area contributed by atoms with Crippen LogP contribution in [0.5, 0.6) is 0 Å². The number of H-pyrrole nitrogens is 2. The number of halogens is 3. The minimum atomic E-state index is -3.65. The van der Waals surface area contributed by atoms with E-state index in [9.17, 15) is 21.6 Å². The highest BCUT2D eigenvalue weighted by molar-refractivity contribution is 7.89. The van der Waals surface area contributed by atoms with Crippen molar-refractivity contribution in [3.05, 3.63) is 71.8 Å². The van der Waals surface area contributed by atoms with Gasteiger partial charge in [-0.1, -0.05) is 0 Å². The molecule has 5 rings (SSSR count). The van der Waals surface area contributed by atoms with Crippen molar-refractivity contribution in [3.8, 4) is 11.3 Å². The number of nitrogens with one attached hydrogen (secondary N) is 3. The number of aromatic nitrogens is 3. The summed E-state index contributed by atoms with van der Waals surface area (Å²) < 4.78 is 69.0. The molecule has 32 heavy (non-hydrogen) atoms. The van der Waals surface area contributed by atoms with E-state index in [0.717, 1.165) is 11.6 Å². The molecule has 6 nitrogen and oxygen atoms in total. The number of nitrogens with zero attached hydrogens (tertiary/aromatic N) is 1. The molecule has 0 radical (unpaired) electrons. The first kappa shape index (κ1) is 20.8. The van der Waals surface area contributed by atoms with Crippen molar-refractivity contribution < 1.29 is 21.6 Å². The van der Waals surface area contributed by atoms with Crippen molar-refractivity contribution in [1.82, 2.24) is 19.9 Å². The van der Waals surface area contributed by atoms with Gasteiger partial charge in [-0.3, -0.25) is 5.10 Å². The summed E-state index contributed by atoms with van der Waals surface area (Å²) in [6.07, 6.45) is 3.83. The van der Waals surface area contributed by atoms with Crippen LogP contribution in [0.2, 0.25) is 0 Å². The van der Waals surface area contributed by atoms with Crippen LogP contribution >= 0.6 is 0 Å². The van der Waals surface area contributed by atoms with E-state index < -0.39 is 27.5 Å². The summed E-state index contributed by atoms with van der Waals surface area (Å²) in [7, 11) is -3.65. The Morgan fingerprint density at radius 3 is 2.50 bits per heavy atom. The Labute approximate surface area is 181 Å². The van der Waals surface area contributed by atoms with Gasteiger partial charge < -0.3 is 4.98 Å². The molecule has 1 saturated carbocycles. The first-order valence-corrected chi connectivity index (χ1v) is 11.5. The van der Waals surface area contributed by atoms with E-state index in [2.05, 4.69) is 19.9 Å². The molecule has 3 N–H and O–H groups in total. The van der Waals surface area contributed by atoms with Crippen LogP contribution in [0.3, 0.4) is 0 Å². The van der Waals surface area contributed by atoms with Crippen molar-refractivity contribution in [2.45, 2.75) is 23.7 Å². The first-order chi connectivity index (χ1) is 15.3. The molecule has 0 saturated heterocycles. The minimum Gasteiger partial charge on any atom is -0.352 e. The lowest BCUT2D eigenvalue weighted by Gasteiger charge is -2.36. The number of hydrogen-bond donors (Lipinski definition) is 3. The van der Waals surface area contributed by atoms with Crippen LogP contribution in [-0.2, 0) is 10.0 Å². The molecule has 1 fully saturated rings. The zero-order valence-corrected chi connectivity index (χ0v) is 17.5. The average Bonchev–Trinajstić information content (AvgIpc) is 3.37. The zero-order valence-electron chi connectivity index (χ0n) is 16.7. The third-order valence-corrected chi connectivity index (χ3v) is 7.38. The third-order valence-electron chi connectivity index (χ3n) is 5.99. The van der Waals surface area contributed by atoms with E-state index >= 15 is 0 Å². The van der Waals surface area contributed by atoms with E-state index in [1.54, 1.807) is 12.1 Å². The maximum Gasteiger partial charge on any atom is 0.243 e. The SMILES string of the molecule is O=S(=O)(NC[C@H]1C[C@H](c2c(-c3ccc(F)cc3)[nH]c3c(F)cc(F)cc32)C1)c1cn[nH]c1. The average molecular weight is 460 g/mol. The van der Waals surface area contributed by atoms with Crippen molar-refractivity contribution in [2.75, 3.05) is 6.54 Å². The van der Waals surface area contributed by atoms with E-state index in [1.807, 2.05) is 0 Å². The van der Waals surface area contributed by atoms with Crippen LogP contribution in [0.4, 0.5) is 13.2 Å². The van der Waals surface area contributed by atoms with Gasteiger partial charge in [0.2, 0.25) is 10.0 Å². The molecule has 0 spiro atoms. The number of fused-ring (bicyclic) bond motifs is 1. The molecule has 0 bridgehead atoms. The van der Waals surface area contributed by atoms with Gasteiger partial charge in [0.15, 0.2) is 0 Å². The Bertz CT molecular complexity index is 1380. The zero-order chi connectivity index (χ0) is 22.5. The molecule has 1 aliphatic carbocycles. The smallest absolute Gasteiger partial charge is 0.243 e. The van der Waals surface area contributed by atoms with Crippen LogP contribution in [0.1, 0.15) is 24.3 Å². The highest BCUT2D eigenvalue weighted by atomic mass is 32.2. The van der Waals surface area contributed by atoms with Gasteiger partial charge in [0.1, 0.15) is 22.3 Å². The molecule has 0 atom stereocenters. The molecule has 1 aliphatic rings. The van der Waals surface area contributed by atoms with Crippen molar-refractivity contribution in [3.63, 3.8) is 0 Å². The lowest BCUT2D eigenvalue weighted by Crippen LogP contribution is -2.35. The number of aromatic amines is 2. The summed E-state index contributed by atoms with van der Waals surface area (Å²) in [4.78, 5) is 3.11. The van der Waals surface area contributed by atoms with Crippen LogP contribution in [0.15, 0.2) is 53.7 Å². The summed E-state index contributed by atoms with van der Waals surface area (Å²) in [6, 6.07) is 7.93. The van der Waals surface area contributed by atoms with E-state index in [1.165, 1.54) is 30.6 Å². The molecule has 0 unspecified atom stereocenters. The van der Waals surface area contributed by atoms with E-state index in [-0.39, 0.29) is 28.8 Å². The third kappa shape index (κ3) is 3.69. The second kappa shape index (κ2) is 7.79. The topological polar surface area (TPSA) is 90.6 Å². The second-order valence-corrected chi connectivity index (χ2v) is 9.82. The highest BCUT2D eigenvalue weighted by Gasteiger charge is 2.35. The first-order valence-electron chi connectivity index (χ1n) is 10.1. The Hall–Kier alpha value is -3.11. The van der Waals surface area contributed by atoms with Gasteiger partial charge in [0, 0.05) is 24.2 Å². The predicted octanol–water partition coefficient (Wildman–Crippen LogP) is 4.45. The monoisotopic (exact) mass is 460 g/mol. The number of sulfonamides is 1. The van der Waals surface area contributed by atoms with E-state index in [4.69, 9.17) is 0 Å². The van der Waals surface area contributed by atoms with Crippen molar-refractivity contribution in [2.24, 2.45) is 5.92 Å². The van der Waals surface area contributed by atoms with E-state index in [0.29, 0.717) is 29.5 Å². The normalized spacial score (nSPS) is 18.7. The maximum atomic E-state index is 14.5. The van der Waals surface area contributed by atoms with Crippen LogP contribution in [0.25, 0.3) is 22.2 Å². The van der Waals surface area contributed by atoms with Gasteiger partial charge >= 0.3 is 0 Å². The number of rotatable bonds is 6. The summed E-state index contributed by atoms with van der Waals surface area (Å²) in [6.45, 7) is 0.251. The molecule has 2 heterocycles. The number of hydrogen-bond acceptors (Lipinski definition) is 3. The quantitative estimate of drug-likeness (QED) is 0.397. The van der Waals surface area contributed by atoms with Gasteiger partial charge in [0.25, 0.3) is 0 Å². The summed E-state index contributed by atoms with van der Waals surface area (Å²) in [5.41, 5.74) is 2.25. The lowest BCUT2D eigenvalue weighted by atomic mass is 9.70. The molecule has 0 aliphatic heterocycles. The fourth-order valence-electron chi connectivity index (χ4n) is 4.34. The van der Waals surface area contributed by atoms with Gasteiger partial charge in [-0.05, 0) is 66.1 Å². The van der Waals surface area contributed by atoms with Gasteiger partial charge in [0.05, 0.1) is 17.4 Å². The van der Waals surface area contributed by atoms with Crippen LogP contribution in [-0.4, -0.2) is 30.1 Å². The minimum absolute atomic E-state index is 0.0200. The Morgan fingerprint density at radius 2 is 1.81 bits per heavy atom. The largest absolute Gasteiger partial charge is 0.352 e. The second-order valence-electron chi connectivity index (χ2n) is 8.05. The molecule has 0 amide bonds. The molecular formula is C22H19F3N4O2S. The molecule has 10 heteroatoms. The number of benzene rings is 2. The maximum absolute atomic E-state index is 14.5. The summed E-state index contributed by atoms with van der Waals surface area (Å²) >= 11 is 0. The molecule has 2 aromatic carbocycles. The standard InChI is InChI=1S/C22H19F3N4O2S/c23-15-3-1-13(2-4-15)21-20(18-7-16(24)8-19(25)22(18)29-21)14-5-12(6-14)9-28-32(30,31)17-10-26-27-11-17/h1-4,7-8,10-12,14,28-29H,5-6,9H2,(H,26,27)/t12-,14-. The van der Waals surface area contributed by atoms with Gasteiger partial charge in [-0.25, -0.2) is 26.3 Å². The van der Waals surface area contributed by atoms with Crippen LogP contribution < -0.4 is 4.72 Å².